The summed E-state index contributed by atoms with van der Waals surface area (Å²) in [5.41, 5.74) is 0.809. The molecule has 0 atom stereocenters. The highest BCUT2D eigenvalue weighted by molar-refractivity contribution is 6.33. The predicted octanol–water partition coefficient (Wildman–Crippen LogP) is 4.33. The Hall–Kier alpha value is -2.67. The van der Waals surface area contributed by atoms with E-state index in [2.05, 4.69) is 20.2 Å². The minimum absolute atomic E-state index is 0.141. The van der Waals surface area contributed by atoms with Gasteiger partial charge in [0.25, 0.3) is 0 Å². The third-order valence-electron chi connectivity index (χ3n) is 5.94. The van der Waals surface area contributed by atoms with Crippen LogP contribution in [0.25, 0.3) is 11.3 Å². The lowest BCUT2D eigenvalue weighted by Gasteiger charge is -2.31. The van der Waals surface area contributed by atoms with Crippen molar-refractivity contribution in [3.8, 4) is 11.3 Å². The SMILES string of the molecule is O=C(CCc1ncc(-c2ccccc2Cl)o1)N1CCC(c2nc(C3CC3)n[nH]2)CC1. The topological polar surface area (TPSA) is 87.9 Å². The van der Waals surface area contributed by atoms with Crippen LogP contribution in [-0.4, -0.2) is 44.1 Å². The third-order valence-corrected chi connectivity index (χ3v) is 6.27. The van der Waals surface area contributed by atoms with Gasteiger partial charge in [-0.3, -0.25) is 9.89 Å². The molecule has 2 aromatic heterocycles. The van der Waals surface area contributed by atoms with Crippen LogP contribution in [0, 0.1) is 0 Å². The summed E-state index contributed by atoms with van der Waals surface area (Å²) in [6.45, 7) is 1.50. The lowest BCUT2D eigenvalue weighted by atomic mass is 9.96. The van der Waals surface area contributed by atoms with Crippen LogP contribution in [0.5, 0.6) is 0 Å². The molecule has 1 aliphatic heterocycles. The zero-order chi connectivity index (χ0) is 20.5. The number of H-pyrrole nitrogens is 1. The molecule has 7 nitrogen and oxygen atoms in total. The zero-order valence-electron chi connectivity index (χ0n) is 16.7. The first-order valence-electron chi connectivity index (χ1n) is 10.6. The molecule has 30 heavy (non-hydrogen) atoms. The molecule has 1 amide bonds. The first kappa shape index (κ1) is 19.3. The van der Waals surface area contributed by atoms with Crippen molar-refractivity contribution in [1.82, 2.24) is 25.1 Å². The Morgan fingerprint density at radius 2 is 1.97 bits per heavy atom. The van der Waals surface area contributed by atoms with E-state index < -0.39 is 0 Å². The van der Waals surface area contributed by atoms with E-state index in [9.17, 15) is 4.79 Å². The number of carbonyl (C=O) groups is 1. The van der Waals surface area contributed by atoms with Crippen molar-refractivity contribution >= 4 is 17.5 Å². The largest absolute Gasteiger partial charge is 0.441 e. The average molecular weight is 426 g/mol. The number of piperidine rings is 1. The van der Waals surface area contributed by atoms with Gasteiger partial charge in [0.05, 0.1) is 11.2 Å². The van der Waals surface area contributed by atoms with Gasteiger partial charge in [-0.25, -0.2) is 9.97 Å². The van der Waals surface area contributed by atoms with E-state index in [1.165, 1.54) is 12.8 Å². The molecule has 8 heteroatoms. The van der Waals surface area contributed by atoms with Gasteiger partial charge in [0.15, 0.2) is 17.5 Å². The summed E-state index contributed by atoms with van der Waals surface area (Å²) in [7, 11) is 0. The van der Waals surface area contributed by atoms with Crippen LogP contribution in [0.15, 0.2) is 34.9 Å². The van der Waals surface area contributed by atoms with E-state index in [-0.39, 0.29) is 5.91 Å². The van der Waals surface area contributed by atoms with Gasteiger partial charge in [-0.15, -0.1) is 0 Å². The van der Waals surface area contributed by atoms with Crippen molar-refractivity contribution in [2.75, 3.05) is 13.1 Å². The van der Waals surface area contributed by atoms with Crippen LogP contribution in [0.1, 0.15) is 61.5 Å². The summed E-state index contributed by atoms with van der Waals surface area (Å²) < 4.78 is 5.80. The van der Waals surface area contributed by atoms with Crippen LogP contribution in [-0.2, 0) is 11.2 Å². The number of carbonyl (C=O) groups excluding carboxylic acids is 1. The number of nitrogens with one attached hydrogen (secondary N) is 1. The first-order valence-corrected chi connectivity index (χ1v) is 10.9. The molecule has 5 rings (SSSR count). The average Bonchev–Trinajstić information content (AvgIpc) is 3.32. The molecule has 0 unspecified atom stereocenters. The van der Waals surface area contributed by atoms with Crippen molar-refractivity contribution in [2.24, 2.45) is 0 Å². The minimum Gasteiger partial charge on any atom is -0.441 e. The third kappa shape index (κ3) is 4.12. The Bertz CT molecular complexity index is 1030. The van der Waals surface area contributed by atoms with Gasteiger partial charge in [0, 0.05) is 43.3 Å². The number of benzene rings is 1. The van der Waals surface area contributed by atoms with Gasteiger partial charge >= 0.3 is 0 Å². The highest BCUT2D eigenvalue weighted by Crippen LogP contribution is 2.38. The van der Waals surface area contributed by atoms with Crippen molar-refractivity contribution < 1.29 is 9.21 Å². The monoisotopic (exact) mass is 425 g/mol. The molecule has 2 fully saturated rings. The van der Waals surface area contributed by atoms with Gasteiger partial charge in [-0.2, -0.15) is 5.10 Å². The predicted molar refractivity (Wildman–Crippen MR) is 112 cm³/mol. The molecule has 0 spiro atoms. The molecule has 3 heterocycles. The molecule has 1 aliphatic carbocycles. The second-order valence-corrected chi connectivity index (χ2v) is 8.51. The van der Waals surface area contributed by atoms with Crippen LogP contribution in [0.3, 0.4) is 0 Å². The van der Waals surface area contributed by atoms with E-state index in [0.717, 1.165) is 43.1 Å². The van der Waals surface area contributed by atoms with E-state index in [0.29, 0.717) is 41.4 Å². The molecule has 1 N–H and O–H groups in total. The fourth-order valence-electron chi connectivity index (χ4n) is 3.98. The molecule has 1 saturated heterocycles. The van der Waals surface area contributed by atoms with E-state index in [1.54, 1.807) is 6.20 Å². The van der Waals surface area contributed by atoms with Gasteiger partial charge in [0.2, 0.25) is 5.91 Å². The number of aryl methyl sites for hydroxylation is 1. The number of likely N-dealkylation sites (tertiary alicyclic amines) is 1. The molecular weight excluding hydrogens is 402 g/mol. The molecular formula is C22H24ClN5O2. The second-order valence-electron chi connectivity index (χ2n) is 8.11. The molecule has 0 bridgehead atoms. The number of hydrogen-bond acceptors (Lipinski definition) is 5. The number of rotatable bonds is 6. The lowest BCUT2D eigenvalue weighted by Crippen LogP contribution is -2.38. The van der Waals surface area contributed by atoms with Crippen molar-refractivity contribution in [2.45, 2.75) is 50.4 Å². The van der Waals surface area contributed by atoms with Gasteiger partial charge in [-0.1, -0.05) is 23.7 Å². The maximum Gasteiger partial charge on any atom is 0.223 e. The summed E-state index contributed by atoms with van der Waals surface area (Å²) >= 11 is 6.21. The summed E-state index contributed by atoms with van der Waals surface area (Å²) in [5.74, 6) is 4.19. The molecule has 1 aromatic carbocycles. The van der Waals surface area contributed by atoms with Crippen LogP contribution < -0.4 is 0 Å². The van der Waals surface area contributed by atoms with Crippen molar-refractivity contribution in [1.29, 1.82) is 0 Å². The summed E-state index contributed by atoms with van der Waals surface area (Å²) in [6.07, 6.45) is 6.78. The van der Waals surface area contributed by atoms with E-state index in [1.807, 2.05) is 29.2 Å². The van der Waals surface area contributed by atoms with Gasteiger partial charge in [0.1, 0.15) is 5.82 Å². The lowest BCUT2D eigenvalue weighted by molar-refractivity contribution is -0.132. The van der Waals surface area contributed by atoms with Crippen molar-refractivity contribution in [3.63, 3.8) is 0 Å². The van der Waals surface area contributed by atoms with E-state index in [4.69, 9.17) is 16.0 Å². The number of halogens is 1. The number of oxazole rings is 1. The van der Waals surface area contributed by atoms with Crippen LogP contribution in [0.4, 0.5) is 0 Å². The summed E-state index contributed by atoms with van der Waals surface area (Å²) in [4.78, 5) is 23.6. The normalized spacial score (nSPS) is 17.4. The zero-order valence-corrected chi connectivity index (χ0v) is 17.4. The maximum absolute atomic E-state index is 12.6. The maximum atomic E-state index is 12.6. The smallest absolute Gasteiger partial charge is 0.223 e. The number of hydrogen-bond donors (Lipinski definition) is 1. The highest BCUT2D eigenvalue weighted by Gasteiger charge is 2.30. The minimum atomic E-state index is 0.141. The Labute approximate surface area is 179 Å². The molecule has 156 valence electrons. The first-order chi connectivity index (χ1) is 14.7. The highest BCUT2D eigenvalue weighted by atomic mass is 35.5. The number of amides is 1. The standard InChI is InChI=1S/C22H24ClN5O2/c23-17-4-2-1-3-16(17)18-13-24-19(30-18)7-8-20(29)28-11-9-15(10-12-28)22-25-21(26-27-22)14-5-6-14/h1-4,13-15H,5-12H2,(H,25,26,27). The van der Waals surface area contributed by atoms with Crippen LogP contribution in [0.2, 0.25) is 5.02 Å². The van der Waals surface area contributed by atoms with E-state index >= 15 is 0 Å². The van der Waals surface area contributed by atoms with Crippen LogP contribution >= 0.6 is 11.6 Å². The number of aromatic nitrogens is 4. The molecule has 2 aliphatic rings. The van der Waals surface area contributed by atoms with Crippen molar-refractivity contribution in [3.05, 3.63) is 53.0 Å². The second kappa shape index (κ2) is 8.22. The molecule has 3 aromatic rings. The molecule has 1 saturated carbocycles. The Kier molecular flexibility index (Phi) is 5.29. The van der Waals surface area contributed by atoms with Gasteiger partial charge < -0.3 is 9.32 Å². The summed E-state index contributed by atoms with van der Waals surface area (Å²) in [6, 6.07) is 7.49. The number of aromatic amines is 1. The van der Waals surface area contributed by atoms with Gasteiger partial charge in [-0.05, 0) is 37.8 Å². The Morgan fingerprint density at radius 1 is 1.17 bits per heavy atom. The molecule has 0 radical (unpaired) electrons. The summed E-state index contributed by atoms with van der Waals surface area (Å²) in [5, 5.41) is 8.09. The fourth-order valence-corrected chi connectivity index (χ4v) is 4.21. The Balaban J connectivity index is 1.12. The number of nitrogens with zero attached hydrogens (tertiary/aromatic N) is 4. The fraction of sp³-hybridized carbons (Fsp3) is 0.455. The Morgan fingerprint density at radius 3 is 2.73 bits per heavy atom. The quantitative estimate of drug-likeness (QED) is 0.635.